The number of rotatable bonds is 4. The molecule has 12 heavy (non-hydrogen) atoms. The zero-order valence-corrected chi connectivity index (χ0v) is 8.37. The summed E-state index contributed by atoms with van der Waals surface area (Å²) in [7, 11) is 0. The van der Waals surface area contributed by atoms with E-state index in [0.29, 0.717) is 0 Å². The molecule has 2 N–H and O–H groups in total. The lowest BCUT2D eigenvalue weighted by Crippen LogP contribution is -2.21. The Morgan fingerprint density at radius 1 is 1.67 bits per heavy atom. The van der Waals surface area contributed by atoms with Gasteiger partial charge in [0.1, 0.15) is 0 Å². The molecule has 1 nitrogen and oxygen atoms in total. The monoisotopic (exact) mass is 201 g/mol. The number of hydrogen-bond acceptors (Lipinski definition) is 2. The van der Waals surface area contributed by atoms with Crippen LogP contribution < -0.4 is 5.73 Å². The molecular formula is C9H12ClNS. The Kier molecular flexibility index (Phi) is 3.79. The predicted octanol–water partition coefficient (Wildman–Crippen LogP) is 2.85. The van der Waals surface area contributed by atoms with Gasteiger partial charge in [-0.3, -0.25) is 0 Å². The van der Waals surface area contributed by atoms with Crippen molar-refractivity contribution in [2.24, 2.45) is 5.73 Å². The lowest BCUT2D eigenvalue weighted by Gasteiger charge is -2.05. The summed E-state index contributed by atoms with van der Waals surface area (Å²) in [5.41, 5.74) is 5.82. The molecule has 1 atom stereocenters. The van der Waals surface area contributed by atoms with Crippen molar-refractivity contribution in [2.45, 2.75) is 18.9 Å². The van der Waals surface area contributed by atoms with Crippen molar-refractivity contribution in [1.82, 2.24) is 0 Å². The Morgan fingerprint density at radius 2 is 2.42 bits per heavy atom. The zero-order valence-electron chi connectivity index (χ0n) is 6.79. The molecule has 1 aromatic rings. The van der Waals surface area contributed by atoms with Crippen LogP contribution in [-0.4, -0.2) is 6.04 Å². The molecule has 0 spiro atoms. The van der Waals surface area contributed by atoms with Crippen LogP contribution >= 0.6 is 22.9 Å². The maximum absolute atomic E-state index is 5.82. The van der Waals surface area contributed by atoms with E-state index < -0.39 is 0 Å². The molecule has 0 fully saturated rings. The average Bonchev–Trinajstić information content (AvgIpc) is 2.36. The summed E-state index contributed by atoms with van der Waals surface area (Å²) in [6.07, 6.45) is 3.60. The first-order chi connectivity index (χ1) is 5.72. The van der Waals surface area contributed by atoms with Crippen LogP contribution in [0.3, 0.4) is 0 Å². The third-order valence-electron chi connectivity index (χ3n) is 1.56. The van der Waals surface area contributed by atoms with E-state index in [9.17, 15) is 0 Å². The lowest BCUT2D eigenvalue weighted by molar-refractivity contribution is 0.686. The molecule has 0 bridgehead atoms. The average molecular weight is 202 g/mol. The highest BCUT2D eigenvalue weighted by Crippen LogP contribution is 2.22. The smallest absolute Gasteiger partial charge is 0.0931 e. The van der Waals surface area contributed by atoms with Gasteiger partial charge in [-0.2, -0.15) is 0 Å². The third kappa shape index (κ3) is 2.97. The van der Waals surface area contributed by atoms with Gasteiger partial charge in [-0.25, -0.2) is 0 Å². The molecule has 66 valence electrons. The summed E-state index contributed by atoms with van der Waals surface area (Å²) in [5, 5.41) is 0. The van der Waals surface area contributed by atoms with Crippen LogP contribution in [0.2, 0.25) is 4.34 Å². The van der Waals surface area contributed by atoms with Crippen LogP contribution in [0.4, 0.5) is 0 Å². The van der Waals surface area contributed by atoms with Crippen molar-refractivity contribution in [1.29, 1.82) is 0 Å². The van der Waals surface area contributed by atoms with E-state index in [4.69, 9.17) is 17.3 Å². The second-order valence-electron chi connectivity index (χ2n) is 2.69. The van der Waals surface area contributed by atoms with E-state index in [2.05, 4.69) is 6.58 Å². The number of hydrogen-bond donors (Lipinski definition) is 1. The van der Waals surface area contributed by atoms with Crippen LogP contribution in [0, 0.1) is 0 Å². The van der Waals surface area contributed by atoms with Gasteiger partial charge in [0, 0.05) is 10.9 Å². The van der Waals surface area contributed by atoms with Gasteiger partial charge in [-0.1, -0.05) is 17.7 Å². The molecule has 3 heteroatoms. The first-order valence-electron chi connectivity index (χ1n) is 3.83. The van der Waals surface area contributed by atoms with Crippen LogP contribution in [-0.2, 0) is 6.42 Å². The van der Waals surface area contributed by atoms with Gasteiger partial charge in [0.15, 0.2) is 0 Å². The maximum atomic E-state index is 5.82. The molecule has 0 aliphatic heterocycles. The van der Waals surface area contributed by atoms with E-state index in [1.807, 2.05) is 18.2 Å². The van der Waals surface area contributed by atoms with Gasteiger partial charge in [0.25, 0.3) is 0 Å². The van der Waals surface area contributed by atoms with Crippen molar-refractivity contribution in [3.63, 3.8) is 0 Å². The van der Waals surface area contributed by atoms with E-state index in [-0.39, 0.29) is 6.04 Å². The van der Waals surface area contributed by atoms with Gasteiger partial charge in [-0.15, -0.1) is 17.9 Å². The standard InChI is InChI=1S/C9H12ClNS/c1-2-3-7(11)6-8-4-5-9(10)12-8/h2,4-5,7H,1,3,6,11H2. The predicted molar refractivity (Wildman–Crippen MR) is 55.8 cm³/mol. The second-order valence-corrected chi connectivity index (χ2v) is 4.49. The summed E-state index contributed by atoms with van der Waals surface area (Å²) in [6.45, 7) is 3.64. The molecule has 0 saturated carbocycles. The summed E-state index contributed by atoms with van der Waals surface area (Å²) < 4.78 is 0.829. The van der Waals surface area contributed by atoms with Crippen molar-refractivity contribution < 1.29 is 0 Å². The molecule has 1 rings (SSSR count). The molecule has 0 saturated heterocycles. The Hall–Kier alpha value is -0.310. The molecule has 0 aliphatic rings. The van der Waals surface area contributed by atoms with Gasteiger partial charge in [-0.05, 0) is 25.0 Å². The Balaban J connectivity index is 2.46. The first-order valence-corrected chi connectivity index (χ1v) is 5.02. The fraction of sp³-hybridized carbons (Fsp3) is 0.333. The maximum Gasteiger partial charge on any atom is 0.0931 e. The van der Waals surface area contributed by atoms with E-state index >= 15 is 0 Å². The van der Waals surface area contributed by atoms with Crippen LogP contribution in [0.1, 0.15) is 11.3 Å². The quantitative estimate of drug-likeness (QED) is 0.745. The van der Waals surface area contributed by atoms with Gasteiger partial charge < -0.3 is 5.73 Å². The Bertz CT molecular complexity index is 257. The fourth-order valence-corrected chi connectivity index (χ4v) is 2.20. The largest absolute Gasteiger partial charge is 0.327 e. The van der Waals surface area contributed by atoms with Crippen LogP contribution in [0.25, 0.3) is 0 Å². The van der Waals surface area contributed by atoms with Crippen LogP contribution in [0.5, 0.6) is 0 Å². The van der Waals surface area contributed by atoms with Crippen molar-refractivity contribution >= 4 is 22.9 Å². The van der Waals surface area contributed by atoms with E-state index in [1.54, 1.807) is 11.3 Å². The second kappa shape index (κ2) is 4.65. The minimum atomic E-state index is 0.178. The Labute approximate surface area is 81.9 Å². The molecular weight excluding hydrogens is 190 g/mol. The Morgan fingerprint density at radius 3 is 2.92 bits per heavy atom. The first kappa shape index (κ1) is 9.78. The molecule has 1 unspecified atom stereocenters. The van der Waals surface area contributed by atoms with Gasteiger partial charge >= 0.3 is 0 Å². The van der Waals surface area contributed by atoms with E-state index in [0.717, 1.165) is 17.2 Å². The summed E-state index contributed by atoms with van der Waals surface area (Å²) in [6, 6.07) is 4.11. The molecule has 1 heterocycles. The normalized spacial score (nSPS) is 12.8. The zero-order chi connectivity index (χ0) is 8.97. The summed E-state index contributed by atoms with van der Waals surface area (Å²) in [5.74, 6) is 0. The minimum Gasteiger partial charge on any atom is -0.327 e. The minimum absolute atomic E-state index is 0.178. The SMILES string of the molecule is C=CCC(N)Cc1ccc(Cl)s1. The molecule has 1 aromatic heterocycles. The van der Waals surface area contributed by atoms with Gasteiger partial charge in [0.05, 0.1) is 4.34 Å². The lowest BCUT2D eigenvalue weighted by atomic mass is 10.1. The number of halogens is 1. The highest BCUT2D eigenvalue weighted by molar-refractivity contribution is 7.16. The fourth-order valence-electron chi connectivity index (χ4n) is 1.02. The highest BCUT2D eigenvalue weighted by atomic mass is 35.5. The molecule has 0 aliphatic carbocycles. The highest BCUT2D eigenvalue weighted by Gasteiger charge is 2.03. The molecule has 0 aromatic carbocycles. The van der Waals surface area contributed by atoms with Gasteiger partial charge in [0.2, 0.25) is 0 Å². The third-order valence-corrected chi connectivity index (χ3v) is 2.82. The van der Waals surface area contributed by atoms with Crippen LogP contribution in [0.15, 0.2) is 24.8 Å². The number of thiophene rings is 1. The topological polar surface area (TPSA) is 26.0 Å². The summed E-state index contributed by atoms with van der Waals surface area (Å²) in [4.78, 5) is 1.24. The van der Waals surface area contributed by atoms with E-state index in [1.165, 1.54) is 4.88 Å². The van der Waals surface area contributed by atoms with Crippen molar-refractivity contribution in [2.75, 3.05) is 0 Å². The molecule has 0 amide bonds. The van der Waals surface area contributed by atoms with Crippen molar-refractivity contribution in [3.05, 3.63) is 34.0 Å². The van der Waals surface area contributed by atoms with Crippen molar-refractivity contribution in [3.8, 4) is 0 Å². The summed E-state index contributed by atoms with van der Waals surface area (Å²) >= 11 is 7.37. The molecule has 0 radical (unpaired) electrons. The number of nitrogens with two attached hydrogens (primary N) is 1.